The number of benzene rings is 2. The Balaban J connectivity index is 2.01. The Bertz CT molecular complexity index is 818. The number of aromatic nitrogens is 2. The molecule has 3 aromatic rings. The molecule has 0 bridgehead atoms. The molecule has 112 valence electrons. The zero-order valence-electron chi connectivity index (χ0n) is 13.1. The average Bonchev–Trinajstić information content (AvgIpc) is 2.84. The number of nitrogens with zero attached hydrogens (tertiary/aromatic N) is 2. The molecule has 3 heteroatoms. The Morgan fingerprint density at radius 3 is 2.45 bits per heavy atom. The lowest BCUT2D eigenvalue weighted by atomic mass is 10.1. The van der Waals surface area contributed by atoms with Crippen molar-refractivity contribution in [3.05, 3.63) is 76.7 Å². The van der Waals surface area contributed by atoms with Crippen LogP contribution in [-0.4, -0.2) is 9.78 Å². The number of rotatable bonds is 3. The van der Waals surface area contributed by atoms with Crippen molar-refractivity contribution < 1.29 is 4.39 Å². The van der Waals surface area contributed by atoms with Crippen LogP contribution in [0.25, 0.3) is 11.3 Å². The number of halogens is 1. The summed E-state index contributed by atoms with van der Waals surface area (Å²) in [5.41, 5.74) is 5.98. The van der Waals surface area contributed by atoms with Crippen molar-refractivity contribution in [1.29, 1.82) is 0 Å². The number of hydrogen-bond donors (Lipinski definition) is 0. The van der Waals surface area contributed by atoms with E-state index in [1.807, 2.05) is 35.9 Å². The van der Waals surface area contributed by atoms with Gasteiger partial charge in [-0.25, -0.2) is 4.39 Å². The highest BCUT2D eigenvalue weighted by Gasteiger charge is 2.11. The molecule has 3 rings (SSSR count). The Hall–Kier alpha value is -2.42. The molecule has 2 aromatic carbocycles. The van der Waals surface area contributed by atoms with Crippen molar-refractivity contribution in [2.24, 2.45) is 0 Å². The summed E-state index contributed by atoms with van der Waals surface area (Å²) in [6.45, 7) is 6.41. The molecule has 0 atom stereocenters. The summed E-state index contributed by atoms with van der Waals surface area (Å²) in [5, 5.41) is 4.57. The van der Waals surface area contributed by atoms with E-state index < -0.39 is 0 Å². The Morgan fingerprint density at radius 1 is 0.955 bits per heavy atom. The highest BCUT2D eigenvalue weighted by Crippen LogP contribution is 2.25. The van der Waals surface area contributed by atoms with E-state index in [1.54, 1.807) is 13.0 Å². The third-order valence-corrected chi connectivity index (χ3v) is 3.89. The monoisotopic (exact) mass is 294 g/mol. The van der Waals surface area contributed by atoms with Gasteiger partial charge in [0.2, 0.25) is 0 Å². The van der Waals surface area contributed by atoms with Crippen molar-refractivity contribution in [3.63, 3.8) is 0 Å². The average molecular weight is 294 g/mol. The van der Waals surface area contributed by atoms with Gasteiger partial charge in [0.1, 0.15) is 5.82 Å². The minimum absolute atomic E-state index is 0.168. The summed E-state index contributed by atoms with van der Waals surface area (Å²) in [4.78, 5) is 0. The first-order valence-electron chi connectivity index (χ1n) is 7.40. The first kappa shape index (κ1) is 14.5. The summed E-state index contributed by atoms with van der Waals surface area (Å²) in [5.74, 6) is -0.168. The van der Waals surface area contributed by atoms with Crippen LogP contribution in [0.2, 0.25) is 0 Å². The first-order chi connectivity index (χ1) is 10.5. The maximum atomic E-state index is 13.7. The van der Waals surface area contributed by atoms with E-state index >= 15 is 0 Å². The lowest BCUT2D eigenvalue weighted by Crippen LogP contribution is -2.05. The summed E-state index contributed by atoms with van der Waals surface area (Å²) in [7, 11) is 0. The van der Waals surface area contributed by atoms with E-state index in [-0.39, 0.29) is 5.82 Å². The second-order valence-corrected chi connectivity index (χ2v) is 5.73. The predicted octanol–water partition coefficient (Wildman–Crippen LogP) is 4.66. The van der Waals surface area contributed by atoms with Crippen molar-refractivity contribution in [3.8, 4) is 11.3 Å². The quantitative estimate of drug-likeness (QED) is 0.687. The van der Waals surface area contributed by atoms with Crippen LogP contribution in [-0.2, 0) is 6.54 Å². The van der Waals surface area contributed by atoms with Gasteiger partial charge in [-0.1, -0.05) is 36.4 Å². The fourth-order valence-electron chi connectivity index (χ4n) is 2.65. The molecule has 0 aliphatic carbocycles. The largest absolute Gasteiger partial charge is 0.260 e. The van der Waals surface area contributed by atoms with Gasteiger partial charge in [0.15, 0.2) is 0 Å². The zero-order valence-corrected chi connectivity index (χ0v) is 13.1. The minimum atomic E-state index is -0.168. The summed E-state index contributed by atoms with van der Waals surface area (Å²) in [6.07, 6.45) is 0. The van der Waals surface area contributed by atoms with Crippen LogP contribution in [0.4, 0.5) is 4.39 Å². The second kappa shape index (κ2) is 5.76. The molecule has 22 heavy (non-hydrogen) atoms. The van der Waals surface area contributed by atoms with Crippen LogP contribution in [0, 0.1) is 26.6 Å². The predicted molar refractivity (Wildman–Crippen MR) is 87.4 cm³/mol. The molecule has 2 nitrogen and oxygen atoms in total. The molecule has 0 saturated heterocycles. The van der Waals surface area contributed by atoms with Crippen LogP contribution in [0.1, 0.15) is 22.4 Å². The molecule has 0 fully saturated rings. The van der Waals surface area contributed by atoms with Crippen molar-refractivity contribution in [2.75, 3.05) is 0 Å². The zero-order chi connectivity index (χ0) is 15.7. The standard InChI is InChI=1S/C19H19FN2/c1-13-6-4-5-7-17(13)19-10-15(3)21-22(19)12-16-9-8-14(2)18(20)11-16/h4-11H,12H2,1-3H3. The van der Waals surface area contributed by atoms with Gasteiger partial charge in [-0.05, 0) is 49.6 Å². The lowest BCUT2D eigenvalue weighted by Gasteiger charge is -2.10. The van der Waals surface area contributed by atoms with Gasteiger partial charge in [-0.2, -0.15) is 5.10 Å². The topological polar surface area (TPSA) is 17.8 Å². The molecular formula is C19H19FN2. The van der Waals surface area contributed by atoms with Gasteiger partial charge in [0.05, 0.1) is 17.9 Å². The molecule has 0 amide bonds. The van der Waals surface area contributed by atoms with Crippen LogP contribution in [0.5, 0.6) is 0 Å². The maximum Gasteiger partial charge on any atom is 0.126 e. The highest BCUT2D eigenvalue weighted by molar-refractivity contribution is 5.64. The molecule has 0 radical (unpaired) electrons. The Morgan fingerprint density at radius 2 is 1.73 bits per heavy atom. The minimum Gasteiger partial charge on any atom is -0.260 e. The molecule has 0 unspecified atom stereocenters. The van der Waals surface area contributed by atoms with Gasteiger partial charge < -0.3 is 0 Å². The fraction of sp³-hybridized carbons (Fsp3) is 0.211. The van der Waals surface area contributed by atoms with E-state index in [0.717, 1.165) is 22.5 Å². The summed E-state index contributed by atoms with van der Waals surface area (Å²) < 4.78 is 15.7. The van der Waals surface area contributed by atoms with Crippen LogP contribution >= 0.6 is 0 Å². The second-order valence-electron chi connectivity index (χ2n) is 5.73. The van der Waals surface area contributed by atoms with Crippen molar-refractivity contribution in [1.82, 2.24) is 9.78 Å². The molecular weight excluding hydrogens is 275 g/mol. The van der Waals surface area contributed by atoms with E-state index in [4.69, 9.17) is 0 Å². The van der Waals surface area contributed by atoms with Gasteiger partial charge >= 0.3 is 0 Å². The number of aryl methyl sites for hydroxylation is 3. The molecule has 1 aromatic heterocycles. The normalized spacial score (nSPS) is 10.9. The molecule has 0 aliphatic rings. The third-order valence-electron chi connectivity index (χ3n) is 3.89. The molecule has 0 N–H and O–H groups in total. The van der Waals surface area contributed by atoms with Gasteiger partial charge in [0.25, 0.3) is 0 Å². The van der Waals surface area contributed by atoms with Gasteiger partial charge in [0, 0.05) is 5.56 Å². The van der Waals surface area contributed by atoms with E-state index in [9.17, 15) is 4.39 Å². The smallest absolute Gasteiger partial charge is 0.126 e. The SMILES string of the molecule is Cc1cc(-c2ccccc2C)n(Cc2ccc(C)c(F)c2)n1. The fourth-order valence-corrected chi connectivity index (χ4v) is 2.65. The highest BCUT2D eigenvalue weighted by atomic mass is 19.1. The summed E-state index contributed by atoms with van der Waals surface area (Å²) in [6, 6.07) is 15.7. The van der Waals surface area contributed by atoms with Crippen LogP contribution in [0.15, 0.2) is 48.5 Å². The Kier molecular flexibility index (Phi) is 3.80. The summed E-state index contributed by atoms with van der Waals surface area (Å²) >= 11 is 0. The van der Waals surface area contributed by atoms with Gasteiger partial charge in [-0.3, -0.25) is 4.68 Å². The lowest BCUT2D eigenvalue weighted by molar-refractivity contribution is 0.611. The first-order valence-corrected chi connectivity index (χ1v) is 7.40. The molecule has 1 heterocycles. The van der Waals surface area contributed by atoms with E-state index in [2.05, 4.69) is 30.2 Å². The van der Waals surface area contributed by atoms with Crippen molar-refractivity contribution >= 4 is 0 Å². The van der Waals surface area contributed by atoms with Crippen molar-refractivity contribution in [2.45, 2.75) is 27.3 Å². The van der Waals surface area contributed by atoms with Crippen LogP contribution < -0.4 is 0 Å². The van der Waals surface area contributed by atoms with Crippen LogP contribution in [0.3, 0.4) is 0 Å². The van der Waals surface area contributed by atoms with Gasteiger partial charge in [-0.15, -0.1) is 0 Å². The molecule has 0 aliphatic heterocycles. The van der Waals surface area contributed by atoms with E-state index in [1.165, 1.54) is 5.56 Å². The maximum absolute atomic E-state index is 13.7. The molecule has 0 saturated carbocycles. The van der Waals surface area contributed by atoms with E-state index in [0.29, 0.717) is 12.1 Å². The Labute approximate surface area is 130 Å². The number of hydrogen-bond acceptors (Lipinski definition) is 1. The molecule has 0 spiro atoms. The third kappa shape index (κ3) is 2.80.